The highest BCUT2D eigenvalue weighted by atomic mass is 127. The van der Waals surface area contributed by atoms with Crippen molar-refractivity contribution in [3.8, 4) is 0 Å². The lowest BCUT2D eigenvalue weighted by Crippen LogP contribution is -2.44. The zero-order valence-electron chi connectivity index (χ0n) is 12.1. The number of piperidine rings is 1. The van der Waals surface area contributed by atoms with Crippen LogP contribution >= 0.6 is 22.6 Å². The van der Waals surface area contributed by atoms with Gasteiger partial charge in [-0.3, -0.25) is 4.79 Å². The zero-order valence-corrected chi connectivity index (χ0v) is 14.3. The Kier molecular flexibility index (Phi) is 4.17. The zero-order chi connectivity index (χ0) is 15.9. The molecule has 3 N–H and O–H groups in total. The first-order valence-corrected chi connectivity index (χ1v) is 8.18. The summed E-state index contributed by atoms with van der Waals surface area (Å²) in [6.07, 6.45) is 2.21. The third-order valence-corrected chi connectivity index (χ3v) is 4.64. The molecule has 1 amide bonds. The van der Waals surface area contributed by atoms with Crippen LogP contribution in [-0.4, -0.2) is 54.9 Å². The minimum absolute atomic E-state index is 0.0248. The van der Waals surface area contributed by atoms with Crippen LogP contribution in [0.25, 0.3) is 11.0 Å². The fourth-order valence-electron chi connectivity index (χ4n) is 2.83. The second kappa shape index (κ2) is 5.95. The van der Waals surface area contributed by atoms with Gasteiger partial charge in [0.15, 0.2) is 5.65 Å². The average Bonchev–Trinajstić information content (AvgIpc) is 2.85. The lowest BCUT2D eigenvalue weighted by molar-refractivity contribution is -0.141. The molecule has 1 aliphatic rings. The van der Waals surface area contributed by atoms with Crippen LogP contribution in [0.2, 0.25) is 0 Å². The Balaban J connectivity index is 1.94. The van der Waals surface area contributed by atoms with Crippen molar-refractivity contribution in [1.29, 1.82) is 0 Å². The summed E-state index contributed by atoms with van der Waals surface area (Å²) in [4.78, 5) is 22.0. The smallest absolute Gasteiger partial charge is 0.251 e. The molecule has 2 atom stereocenters. The van der Waals surface area contributed by atoms with E-state index >= 15 is 0 Å². The van der Waals surface area contributed by atoms with Gasteiger partial charge in [0, 0.05) is 13.1 Å². The van der Waals surface area contributed by atoms with Gasteiger partial charge in [-0.1, -0.05) is 0 Å². The number of nitrogen functional groups attached to an aromatic ring is 1. The third-order valence-electron chi connectivity index (χ3n) is 3.89. The summed E-state index contributed by atoms with van der Waals surface area (Å²) >= 11 is 2.12. The SMILES string of the molecule is C[C@@H](O)C(=O)N1CCC[C@@H](n2nc(I)c3c(N)ncnc32)C1. The summed E-state index contributed by atoms with van der Waals surface area (Å²) < 4.78 is 2.58. The van der Waals surface area contributed by atoms with E-state index in [2.05, 4.69) is 37.7 Å². The highest BCUT2D eigenvalue weighted by molar-refractivity contribution is 14.1. The number of nitrogens with two attached hydrogens (primary N) is 1. The van der Waals surface area contributed by atoms with Crippen molar-refractivity contribution >= 4 is 45.3 Å². The highest BCUT2D eigenvalue weighted by Crippen LogP contribution is 2.29. The molecular weight excluding hydrogens is 399 g/mol. The molecule has 1 fully saturated rings. The minimum Gasteiger partial charge on any atom is -0.384 e. The number of halogens is 1. The van der Waals surface area contributed by atoms with E-state index in [1.54, 1.807) is 4.90 Å². The summed E-state index contributed by atoms with van der Waals surface area (Å²) in [7, 11) is 0. The van der Waals surface area contributed by atoms with Crippen LogP contribution in [0.15, 0.2) is 6.33 Å². The molecule has 0 unspecified atom stereocenters. The fraction of sp³-hybridized carbons (Fsp3) is 0.538. The van der Waals surface area contributed by atoms with Crippen molar-refractivity contribution in [2.75, 3.05) is 18.8 Å². The highest BCUT2D eigenvalue weighted by Gasteiger charge is 2.29. The van der Waals surface area contributed by atoms with Crippen molar-refractivity contribution in [2.24, 2.45) is 0 Å². The van der Waals surface area contributed by atoms with Crippen LogP contribution in [-0.2, 0) is 4.79 Å². The molecule has 3 heterocycles. The van der Waals surface area contributed by atoms with E-state index < -0.39 is 6.10 Å². The van der Waals surface area contributed by atoms with Gasteiger partial charge < -0.3 is 15.7 Å². The van der Waals surface area contributed by atoms with Crippen LogP contribution in [0, 0.1) is 3.70 Å². The van der Waals surface area contributed by atoms with Gasteiger partial charge >= 0.3 is 0 Å². The van der Waals surface area contributed by atoms with Crippen LogP contribution in [0.5, 0.6) is 0 Å². The predicted molar refractivity (Wildman–Crippen MR) is 89.0 cm³/mol. The molecule has 0 spiro atoms. The standard InChI is InChI=1S/C13H17IN6O2/c1-7(21)13(22)19-4-2-3-8(5-19)20-12-9(10(14)18-20)11(15)16-6-17-12/h6-8,21H,2-5H2,1H3,(H2,15,16,17)/t7-,8-/m1/s1. The number of anilines is 1. The Bertz CT molecular complexity index is 716. The Hall–Kier alpha value is -1.49. The number of likely N-dealkylation sites (tertiary alicyclic amines) is 1. The number of aliphatic hydroxyl groups excluding tert-OH is 1. The number of hydrogen-bond acceptors (Lipinski definition) is 6. The molecule has 118 valence electrons. The molecule has 8 nitrogen and oxygen atoms in total. The van der Waals surface area contributed by atoms with Crippen molar-refractivity contribution in [3.05, 3.63) is 10.0 Å². The lowest BCUT2D eigenvalue weighted by Gasteiger charge is -2.33. The second-order valence-electron chi connectivity index (χ2n) is 5.45. The van der Waals surface area contributed by atoms with Crippen LogP contribution in [0.1, 0.15) is 25.8 Å². The van der Waals surface area contributed by atoms with Crippen molar-refractivity contribution in [2.45, 2.75) is 31.9 Å². The van der Waals surface area contributed by atoms with Crippen LogP contribution in [0.4, 0.5) is 5.82 Å². The molecule has 1 aliphatic heterocycles. The van der Waals surface area contributed by atoms with E-state index in [-0.39, 0.29) is 11.9 Å². The molecule has 0 aromatic carbocycles. The number of nitrogens with zero attached hydrogens (tertiary/aromatic N) is 5. The quantitative estimate of drug-likeness (QED) is 0.693. The molecule has 0 aliphatic carbocycles. The number of aromatic nitrogens is 4. The average molecular weight is 416 g/mol. The lowest BCUT2D eigenvalue weighted by atomic mass is 10.1. The Labute approximate surface area is 140 Å². The van der Waals surface area contributed by atoms with Crippen molar-refractivity contribution < 1.29 is 9.90 Å². The van der Waals surface area contributed by atoms with E-state index in [4.69, 9.17) is 5.73 Å². The molecule has 0 radical (unpaired) electrons. The van der Waals surface area contributed by atoms with Crippen molar-refractivity contribution in [1.82, 2.24) is 24.6 Å². The molecule has 9 heteroatoms. The number of amides is 1. The van der Waals surface area contributed by atoms with E-state index in [1.165, 1.54) is 13.3 Å². The second-order valence-corrected chi connectivity index (χ2v) is 6.47. The normalized spacial score (nSPS) is 20.3. The molecular formula is C13H17IN6O2. The maximum absolute atomic E-state index is 12.0. The van der Waals surface area contributed by atoms with Gasteiger partial charge in [0.25, 0.3) is 5.91 Å². The minimum atomic E-state index is -0.980. The third kappa shape index (κ3) is 2.62. The van der Waals surface area contributed by atoms with Gasteiger partial charge in [0.05, 0.1) is 11.4 Å². The Morgan fingerprint density at radius 3 is 3.05 bits per heavy atom. The van der Waals surface area contributed by atoms with E-state index in [0.717, 1.165) is 21.9 Å². The summed E-state index contributed by atoms with van der Waals surface area (Å²) in [5.74, 6) is 0.165. The summed E-state index contributed by atoms with van der Waals surface area (Å²) in [6, 6.07) is 0.0248. The first-order valence-electron chi connectivity index (χ1n) is 7.10. The number of fused-ring (bicyclic) bond motifs is 1. The summed E-state index contributed by atoms with van der Waals surface area (Å²) in [5.41, 5.74) is 6.60. The van der Waals surface area contributed by atoms with E-state index in [1.807, 2.05) is 4.68 Å². The molecule has 2 aromatic heterocycles. The number of aliphatic hydroxyl groups is 1. The van der Waals surface area contributed by atoms with Gasteiger partial charge in [-0.2, -0.15) is 5.10 Å². The largest absolute Gasteiger partial charge is 0.384 e. The number of carbonyl (C=O) groups excluding carboxylic acids is 1. The van der Waals surface area contributed by atoms with E-state index in [9.17, 15) is 9.90 Å². The number of hydrogen-bond donors (Lipinski definition) is 2. The van der Waals surface area contributed by atoms with E-state index in [0.29, 0.717) is 24.6 Å². The van der Waals surface area contributed by atoms with Gasteiger partial charge in [-0.25, -0.2) is 14.6 Å². The van der Waals surface area contributed by atoms with Gasteiger partial charge in [0.1, 0.15) is 21.9 Å². The topological polar surface area (TPSA) is 110 Å². The van der Waals surface area contributed by atoms with Crippen molar-refractivity contribution in [3.63, 3.8) is 0 Å². The Morgan fingerprint density at radius 1 is 1.55 bits per heavy atom. The first-order chi connectivity index (χ1) is 10.5. The maximum atomic E-state index is 12.0. The molecule has 0 saturated carbocycles. The molecule has 1 saturated heterocycles. The first kappa shape index (κ1) is 15.4. The van der Waals surface area contributed by atoms with Crippen LogP contribution < -0.4 is 5.73 Å². The predicted octanol–water partition coefficient (Wildman–Crippen LogP) is 0.557. The van der Waals surface area contributed by atoms with Gasteiger partial charge in [-0.05, 0) is 42.4 Å². The Morgan fingerprint density at radius 2 is 2.32 bits per heavy atom. The van der Waals surface area contributed by atoms with Gasteiger partial charge in [-0.15, -0.1) is 0 Å². The molecule has 2 aromatic rings. The van der Waals surface area contributed by atoms with Gasteiger partial charge in [0.2, 0.25) is 0 Å². The number of carbonyl (C=O) groups is 1. The number of rotatable bonds is 2. The van der Waals surface area contributed by atoms with Crippen LogP contribution in [0.3, 0.4) is 0 Å². The monoisotopic (exact) mass is 416 g/mol. The summed E-state index contributed by atoms with van der Waals surface area (Å²) in [5, 5.41) is 14.8. The maximum Gasteiger partial charge on any atom is 0.251 e. The summed E-state index contributed by atoms with van der Waals surface area (Å²) in [6.45, 7) is 2.67. The molecule has 3 rings (SSSR count). The molecule has 0 bridgehead atoms. The molecule has 22 heavy (non-hydrogen) atoms. The fourth-order valence-corrected chi connectivity index (χ4v) is 3.58.